The second-order valence-electron chi connectivity index (χ2n) is 1.91. The predicted octanol–water partition coefficient (Wildman–Crippen LogP) is 0.907. The maximum absolute atomic E-state index is 11.8. The minimum Gasteiger partial charge on any atom is -0.392 e. The van der Waals surface area contributed by atoms with Crippen LogP contribution in [0, 0.1) is 0 Å². The lowest BCUT2D eigenvalue weighted by molar-refractivity contribution is 0.140. The second kappa shape index (κ2) is 3.34. The van der Waals surface area contributed by atoms with Gasteiger partial charge in [0.2, 0.25) is 0 Å². The van der Waals surface area contributed by atoms with Crippen molar-refractivity contribution in [1.82, 2.24) is 9.97 Å². The first-order chi connectivity index (χ1) is 5.24. The third-order valence-electron chi connectivity index (χ3n) is 1.10. The molecule has 11 heavy (non-hydrogen) atoms. The molecule has 0 aliphatic heterocycles. The molecular weight excluding hydrogens is 154 g/mol. The van der Waals surface area contributed by atoms with Crippen molar-refractivity contribution in [3.8, 4) is 0 Å². The summed E-state index contributed by atoms with van der Waals surface area (Å²) in [5, 5.41) is 8.50. The van der Waals surface area contributed by atoms with Crippen molar-refractivity contribution in [2.24, 2.45) is 0 Å². The third kappa shape index (κ3) is 1.91. The molecule has 0 radical (unpaired) electrons. The van der Waals surface area contributed by atoms with Gasteiger partial charge in [-0.3, -0.25) is 0 Å². The van der Waals surface area contributed by atoms with Crippen LogP contribution >= 0.6 is 0 Å². The Kier molecular flexibility index (Phi) is 2.43. The van der Waals surface area contributed by atoms with E-state index in [2.05, 4.69) is 9.97 Å². The monoisotopic (exact) mass is 160 g/mol. The topological polar surface area (TPSA) is 46.0 Å². The van der Waals surface area contributed by atoms with E-state index in [-0.39, 0.29) is 6.61 Å². The summed E-state index contributed by atoms with van der Waals surface area (Å²) in [5.41, 5.74) is 0.425. The molecular formula is C6H6F2N2O. The Hall–Kier alpha value is -1.10. The Morgan fingerprint density at radius 1 is 1.36 bits per heavy atom. The number of alkyl halides is 2. The van der Waals surface area contributed by atoms with Crippen LogP contribution in [0.5, 0.6) is 0 Å². The lowest BCUT2D eigenvalue weighted by atomic mass is 10.4. The standard InChI is InChI=1S/C6H6F2N2O/c7-5(8)6-9-1-4(3-11)2-10-6/h1-2,5,11H,3H2. The largest absolute Gasteiger partial charge is 0.392 e. The number of rotatable bonds is 2. The van der Waals surface area contributed by atoms with Crippen LogP contribution in [0.15, 0.2) is 12.4 Å². The third-order valence-corrected chi connectivity index (χ3v) is 1.10. The Morgan fingerprint density at radius 3 is 2.27 bits per heavy atom. The number of aromatic nitrogens is 2. The zero-order valence-corrected chi connectivity index (χ0v) is 5.54. The lowest BCUT2D eigenvalue weighted by Gasteiger charge is -1.97. The molecule has 0 spiro atoms. The molecule has 0 amide bonds. The van der Waals surface area contributed by atoms with Gasteiger partial charge in [0, 0.05) is 18.0 Å². The number of hydrogen-bond acceptors (Lipinski definition) is 3. The SMILES string of the molecule is OCc1cnc(C(F)F)nc1. The zero-order chi connectivity index (χ0) is 8.27. The van der Waals surface area contributed by atoms with Gasteiger partial charge in [-0.2, -0.15) is 0 Å². The fourth-order valence-electron chi connectivity index (χ4n) is 0.559. The van der Waals surface area contributed by atoms with E-state index >= 15 is 0 Å². The molecule has 1 aromatic rings. The van der Waals surface area contributed by atoms with Gasteiger partial charge in [-0.1, -0.05) is 0 Å². The van der Waals surface area contributed by atoms with E-state index < -0.39 is 12.2 Å². The normalized spacial score (nSPS) is 10.5. The number of halogens is 2. The molecule has 1 N–H and O–H groups in total. The fourth-order valence-corrected chi connectivity index (χ4v) is 0.559. The summed E-state index contributed by atoms with van der Waals surface area (Å²) in [6.45, 7) is -0.233. The fraction of sp³-hybridized carbons (Fsp3) is 0.333. The highest BCUT2D eigenvalue weighted by Crippen LogP contribution is 2.12. The van der Waals surface area contributed by atoms with Gasteiger partial charge in [-0.05, 0) is 0 Å². The summed E-state index contributed by atoms with van der Waals surface area (Å²) >= 11 is 0. The maximum Gasteiger partial charge on any atom is 0.297 e. The highest BCUT2D eigenvalue weighted by atomic mass is 19.3. The molecule has 1 heterocycles. The molecule has 0 saturated heterocycles. The molecule has 0 unspecified atom stereocenters. The lowest BCUT2D eigenvalue weighted by Crippen LogP contribution is -1.96. The molecule has 3 nitrogen and oxygen atoms in total. The molecule has 1 aromatic heterocycles. The van der Waals surface area contributed by atoms with Crippen LogP contribution in [-0.4, -0.2) is 15.1 Å². The van der Waals surface area contributed by atoms with E-state index in [0.29, 0.717) is 5.56 Å². The minimum absolute atomic E-state index is 0.233. The van der Waals surface area contributed by atoms with E-state index in [1.165, 1.54) is 12.4 Å². The van der Waals surface area contributed by atoms with Crippen molar-refractivity contribution in [3.05, 3.63) is 23.8 Å². The average Bonchev–Trinajstić information content (AvgIpc) is 2.05. The highest BCUT2D eigenvalue weighted by Gasteiger charge is 2.08. The zero-order valence-electron chi connectivity index (χ0n) is 5.54. The number of hydrogen-bond donors (Lipinski definition) is 1. The molecule has 0 aliphatic rings. The van der Waals surface area contributed by atoms with Crippen LogP contribution in [-0.2, 0) is 6.61 Å². The number of aliphatic hydroxyl groups is 1. The van der Waals surface area contributed by atoms with Crippen LogP contribution in [0.3, 0.4) is 0 Å². The van der Waals surface area contributed by atoms with Crippen molar-refractivity contribution < 1.29 is 13.9 Å². The molecule has 5 heteroatoms. The first-order valence-electron chi connectivity index (χ1n) is 2.94. The van der Waals surface area contributed by atoms with Gasteiger partial charge in [0.15, 0.2) is 5.82 Å². The molecule has 0 saturated carbocycles. The molecule has 1 rings (SSSR count). The van der Waals surface area contributed by atoms with Gasteiger partial charge >= 0.3 is 0 Å². The summed E-state index contributed by atoms with van der Waals surface area (Å²) in [6.07, 6.45) is -0.300. The van der Waals surface area contributed by atoms with Gasteiger partial charge in [0.25, 0.3) is 6.43 Å². The van der Waals surface area contributed by atoms with Gasteiger partial charge < -0.3 is 5.11 Å². The van der Waals surface area contributed by atoms with Gasteiger partial charge in [0.1, 0.15) is 0 Å². The van der Waals surface area contributed by atoms with Crippen molar-refractivity contribution >= 4 is 0 Å². The quantitative estimate of drug-likeness (QED) is 0.699. The van der Waals surface area contributed by atoms with Crippen molar-refractivity contribution in [2.45, 2.75) is 13.0 Å². The molecule has 0 aromatic carbocycles. The van der Waals surface area contributed by atoms with Crippen molar-refractivity contribution in [1.29, 1.82) is 0 Å². The summed E-state index contributed by atoms with van der Waals surface area (Å²) < 4.78 is 23.6. The van der Waals surface area contributed by atoms with Gasteiger partial charge in [-0.25, -0.2) is 18.7 Å². The molecule has 0 fully saturated rings. The first-order valence-corrected chi connectivity index (χ1v) is 2.94. The van der Waals surface area contributed by atoms with E-state index in [0.717, 1.165) is 0 Å². The van der Waals surface area contributed by atoms with E-state index in [1.807, 2.05) is 0 Å². The molecule has 60 valence electrons. The summed E-state index contributed by atoms with van der Waals surface area (Å²) in [4.78, 5) is 6.66. The first kappa shape index (κ1) is 8.00. The smallest absolute Gasteiger partial charge is 0.297 e. The van der Waals surface area contributed by atoms with Gasteiger partial charge in [-0.15, -0.1) is 0 Å². The summed E-state index contributed by atoms with van der Waals surface area (Å²) in [5.74, 6) is -0.512. The van der Waals surface area contributed by atoms with Crippen LogP contribution in [0.4, 0.5) is 8.78 Å². The summed E-state index contributed by atoms with van der Waals surface area (Å²) in [7, 11) is 0. The Labute approximate surface area is 61.7 Å². The molecule has 0 bridgehead atoms. The Balaban J connectivity index is 2.83. The Bertz CT molecular complexity index is 225. The van der Waals surface area contributed by atoms with Crippen LogP contribution < -0.4 is 0 Å². The van der Waals surface area contributed by atoms with Crippen LogP contribution in [0.25, 0.3) is 0 Å². The Morgan fingerprint density at radius 2 is 1.91 bits per heavy atom. The van der Waals surface area contributed by atoms with Crippen molar-refractivity contribution in [2.75, 3.05) is 0 Å². The van der Waals surface area contributed by atoms with E-state index in [4.69, 9.17) is 5.11 Å². The second-order valence-corrected chi connectivity index (χ2v) is 1.91. The maximum atomic E-state index is 11.8. The minimum atomic E-state index is -2.65. The summed E-state index contributed by atoms with van der Waals surface area (Å²) in [6, 6.07) is 0. The number of nitrogens with zero attached hydrogens (tertiary/aromatic N) is 2. The van der Waals surface area contributed by atoms with Crippen LogP contribution in [0.2, 0.25) is 0 Å². The highest BCUT2D eigenvalue weighted by molar-refractivity contribution is 5.03. The van der Waals surface area contributed by atoms with Crippen LogP contribution in [0.1, 0.15) is 17.8 Å². The van der Waals surface area contributed by atoms with Gasteiger partial charge in [0.05, 0.1) is 6.61 Å². The average molecular weight is 160 g/mol. The van der Waals surface area contributed by atoms with E-state index in [9.17, 15) is 8.78 Å². The predicted molar refractivity (Wildman–Crippen MR) is 32.9 cm³/mol. The number of aliphatic hydroxyl groups excluding tert-OH is 1. The van der Waals surface area contributed by atoms with Crippen molar-refractivity contribution in [3.63, 3.8) is 0 Å². The molecule has 0 atom stereocenters. The molecule has 0 aliphatic carbocycles. The van der Waals surface area contributed by atoms with E-state index in [1.54, 1.807) is 0 Å².